The Morgan fingerprint density at radius 3 is 2.17 bits per heavy atom. The second kappa shape index (κ2) is 7.15. The standard InChI is InChI=1S/C12H22/c1-5-8-12(4)10-7-9-11(3)6-2/h8-9H,5-7,10H2,1-4H3/b11-9+,12-8+. The fourth-order valence-electron chi connectivity index (χ4n) is 1.14. The molecule has 0 saturated heterocycles. The second-order valence-corrected chi connectivity index (χ2v) is 3.40. The van der Waals surface area contributed by atoms with Gasteiger partial charge in [0.05, 0.1) is 0 Å². The van der Waals surface area contributed by atoms with E-state index in [1.165, 1.54) is 36.8 Å². The molecule has 0 amide bonds. The topological polar surface area (TPSA) is 0 Å². The Morgan fingerprint density at radius 2 is 1.67 bits per heavy atom. The fourth-order valence-corrected chi connectivity index (χ4v) is 1.14. The highest BCUT2D eigenvalue weighted by atomic mass is 13.9. The first-order chi connectivity index (χ1) is 5.70. The van der Waals surface area contributed by atoms with Gasteiger partial charge in [0.25, 0.3) is 0 Å². The Kier molecular flexibility index (Phi) is 6.84. The molecule has 0 heterocycles. The molecule has 0 heteroatoms. The van der Waals surface area contributed by atoms with E-state index in [1.54, 1.807) is 0 Å². The van der Waals surface area contributed by atoms with Crippen LogP contribution in [-0.4, -0.2) is 0 Å². The summed E-state index contributed by atoms with van der Waals surface area (Å²) in [6.45, 7) is 8.83. The zero-order valence-electron chi connectivity index (χ0n) is 8.98. The molecule has 0 fully saturated rings. The molecular weight excluding hydrogens is 144 g/mol. The van der Waals surface area contributed by atoms with Gasteiger partial charge in [0.1, 0.15) is 0 Å². The molecule has 0 saturated carbocycles. The fraction of sp³-hybridized carbons (Fsp3) is 0.667. The van der Waals surface area contributed by atoms with Gasteiger partial charge in [-0.15, -0.1) is 0 Å². The van der Waals surface area contributed by atoms with E-state index in [4.69, 9.17) is 0 Å². The molecule has 0 aromatic heterocycles. The first-order valence-corrected chi connectivity index (χ1v) is 5.02. The average molecular weight is 166 g/mol. The predicted molar refractivity (Wildman–Crippen MR) is 57.3 cm³/mol. The van der Waals surface area contributed by atoms with Crippen LogP contribution in [0.5, 0.6) is 0 Å². The molecule has 0 atom stereocenters. The first-order valence-electron chi connectivity index (χ1n) is 5.02. The number of allylic oxidation sites excluding steroid dienone is 4. The minimum Gasteiger partial charge on any atom is -0.0859 e. The zero-order chi connectivity index (χ0) is 9.40. The number of hydrogen-bond acceptors (Lipinski definition) is 0. The first kappa shape index (κ1) is 11.5. The molecule has 0 spiro atoms. The van der Waals surface area contributed by atoms with Gasteiger partial charge in [0.2, 0.25) is 0 Å². The maximum atomic E-state index is 2.35. The van der Waals surface area contributed by atoms with Crippen molar-refractivity contribution >= 4 is 0 Å². The third-order valence-electron chi connectivity index (χ3n) is 2.14. The Morgan fingerprint density at radius 1 is 1.00 bits per heavy atom. The lowest BCUT2D eigenvalue weighted by Gasteiger charge is -1.98. The highest BCUT2D eigenvalue weighted by molar-refractivity contribution is 5.02. The number of rotatable bonds is 5. The summed E-state index contributed by atoms with van der Waals surface area (Å²) < 4.78 is 0. The van der Waals surface area contributed by atoms with Crippen molar-refractivity contribution in [3.8, 4) is 0 Å². The lowest BCUT2D eigenvalue weighted by atomic mass is 10.1. The van der Waals surface area contributed by atoms with Crippen LogP contribution in [0.2, 0.25) is 0 Å². The lowest BCUT2D eigenvalue weighted by molar-refractivity contribution is 0.939. The van der Waals surface area contributed by atoms with Crippen molar-refractivity contribution in [1.82, 2.24) is 0 Å². The Balaban J connectivity index is 3.62. The molecule has 70 valence electrons. The summed E-state index contributed by atoms with van der Waals surface area (Å²) in [5.74, 6) is 0. The summed E-state index contributed by atoms with van der Waals surface area (Å²) in [7, 11) is 0. The van der Waals surface area contributed by atoms with Gasteiger partial charge in [-0.05, 0) is 39.5 Å². The van der Waals surface area contributed by atoms with E-state index in [0.717, 1.165) is 0 Å². The maximum Gasteiger partial charge on any atom is -0.0288 e. The quantitative estimate of drug-likeness (QED) is 0.528. The molecule has 0 aromatic carbocycles. The van der Waals surface area contributed by atoms with E-state index in [0.29, 0.717) is 0 Å². The minimum absolute atomic E-state index is 1.17. The van der Waals surface area contributed by atoms with E-state index in [9.17, 15) is 0 Å². The van der Waals surface area contributed by atoms with Crippen LogP contribution in [0.4, 0.5) is 0 Å². The lowest BCUT2D eigenvalue weighted by Crippen LogP contribution is -1.77. The molecule has 0 nitrogen and oxygen atoms in total. The van der Waals surface area contributed by atoms with Gasteiger partial charge >= 0.3 is 0 Å². The predicted octanol–water partition coefficient (Wildman–Crippen LogP) is 4.48. The Hall–Kier alpha value is -0.520. The molecule has 0 aliphatic rings. The van der Waals surface area contributed by atoms with Crippen LogP contribution in [0.1, 0.15) is 53.4 Å². The van der Waals surface area contributed by atoms with Crippen LogP contribution in [-0.2, 0) is 0 Å². The van der Waals surface area contributed by atoms with Gasteiger partial charge in [-0.2, -0.15) is 0 Å². The van der Waals surface area contributed by atoms with E-state index in [1.807, 2.05) is 0 Å². The normalized spacial score (nSPS) is 13.7. The molecule has 0 N–H and O–H groups in total. The van der Waals surface area contributed by atoms with Crippen LogP contribution in [0.15, 0.2) is 23.3 Å². The monoisotopic (exact) mass is 166 g/mol. The second-order valence-electron chi connectivity index (χ2n) is 3.40. The van der Waals surface area contributed by atoms with Gasteiger partial charge in [0, 0.05) is 0 Å². The minimum atomic E-state index is 1.17. The van der Waals surface area contributed by atoms with Crippen molar-refractivity contribution in [2.24, 2.45) is 0 Å². The molecule has 0 unspecified atom stereocenters. The van der Waals surface area contributed by atoms with Crippen molar-refractivity contribution in [1.29, 1.82) is 0 Å². The summed E-state index contributed by atoms with van der Waals surface area (Å²) >= 11 is 0. The molecule has 0 radical (unpaired) electrons. The van der Waals surface area contributed by atoms with Crippen LogP contribution < -0.4 is 0 Å². The van der Waals surface area contributed by atoms with E-state index < -0.39 is 0 Å². The van der Waals surface area contributed by atoms with Crippen LogP contribution in [0.3, 0.4) is 0 Å². The van der Waals surface area contributed by atoms with Crippen molar-refractivity contribution in [2.45, 2.75) is 53.4 Å². The third kappa shape index (κ3) is 6.21. The van der Waals surface area contributed by atoms with Crippen LogP contribution >= 0.6 is 0 Å². The van der Waals surface area contributed by atoms with Gasteiger partial charge in [0.15, 0.2) is 0 Å². The Bertz CT molecular complexity index is 161. The summed E-state index contributed by atoms with van der Waals surface area (Å²) in [5, 5.41) is 0. The van der Waals surface area contributed by atoms with Gasteiger partial charge in [-0.25, -0.2) is 0 Å². The van der Waals surface area contributed by atoms with Crippen molar-refractivity contribution < 1.29 is 0 Å². The molecule has 0 aliphatic carbocycles. The van der Waals surface area contributed by atoms with Gasteiger partial charge in [-0.1, -0.05) is 37.1 Å². The largest absolute Gasteiger partial charge is 0.0859 e. The van der Waals surface area contributed by atoms with Crippen molar-refractivity contribution in [3.05, 3.63) is 23.3 Å². The molecule has 0 aromatic rings. The SMILES string of the molecule is CC/C=C(\C)CC/C=C(\C)CC. The van der Waals surface area contributed by atoms with Crippen molar-refractivity contribution in [3.63, 3.8) is 0 Å². The summed E-state index contributed by atoms with van der Waals surface area (Å²) in [5.41, 5.74) is 3.04. The highest BCUT2D eigenvalue weighted by Gasteiger charge is 1.88. The van der Waals surface area contributed by atoms with Crippen LogP contribution in [0.25, 0.3) is 0 Å². The van der Waals surface area contributed by atoms with Crippen LogP contribution in [0, 0.1) is 0 Å². The maximum absolute atomic E-state index is 2.35. The average Bonchev–Trinajstić information content (AvgIpc) is 2.04. The molecular formula is C12H22. The molecule has 12 heavy (non-hydrogen) atoms. The van der Waals surface area contributed by atoms with E-state index in [-0.39, 0.29) is 0 Å². The molecule has 0 aliphatic heterocycles. The van der Waals surface area contributed by atoms with E-state index in [2.05, 4.69) is 39.8 Å². The highest BCUT2D eigenvalue weighted by Crippen LogP contribution is 2.08. The summed E-state index contributed by atoms with van der Waals surface area (Å²) in [6, 6.07) is 0. The number of hydrogen-bond donors (Lipinski definition) is 0. The van der Waals surface area contributed by atoms with E-state index >= 15 is 0 Å². The molecule has 0 bridgehead atoms. The smallest absolute Gasteiger partial charge is 0.0288 e. The zero-order valence-corrected chi connectivity index (χ0v) is 8.98. The van der Waals surface area contributed by atoms with Crippen molar-refractivity contribution in [2.75, 3.05) is 0 Å². The summed E-state index contributed by atoms with van der Waals surface area (Å²) in [6.07, 6.45) is 9.47. The Labute approximate surface area is 77.4 Å². The van der Waals surface area contributed by atoms with Gasteiger partial charge in [-0.3, -0.25) is 0 Å². The molecule has 0 rings (SSSR count). The third-order valence-corrected chi connectivity index (χ3v) is 2.14. The summed E-state index contributed by atoms with van der Waals surface area (Å²) in [4.78, 5) is 0. The van der Waals surface area contributed by atoms with Gasteiger partial charge < -0.3 is 0 Å².